The Hall–Kier alpha value is -0.120. The van der Waals surface area contributed by atoms with Gasteiger partial charge in [0.25, 0.3) is 0 Å². The van der Waals surface area contributed by atoms with E-state index in [1.807, 2.05) is 0 Å². The zero-order valence-corrected chi connectivity index (χ0v) is 5.43. The molecule has 0 saturated carbocycles. The van der Waals surface area contributed by atoms with E-state index in [0.29, 0.717) is 0 Å². The van der Waals surface area contributed by atoms with Gasteiger partial charge < -0.3 is 4.90 Å². The molecule has 1 saturated heterocycles. The van der Waals surface area contributed by atoms with E-state index in [1.54, 1.807) is 0 Å². The molecule has 3 nitrogen and oxygen atoms in total. The van der Waals surface area contributed by atoms with Crippen LogP contribution >= 0.6 is 0 Å². The third-order valence-electron chi connectivity index (χ3n) is 1.60. The lowest BCUT2D eigenvalue weighted by molar-refractivity contribution is -0.577. The summed E-state index contributed by atoms with van der Waals surface area (Å²) in [5.74, 6) is 3.84. The van der Waals surface area contributed by atoms with E-state index in [1.165, 1.54) is 13.1 Å². The highest BCUT2D eigenvalue weighted by atomic mass is 15.4. The van der Waals surface area contributed by atoms with Crippen molar-refractivity contribution in [3.05, 3.63) is 0 Å². The Morgan fingerprint density at radius 3 is 2.00 bits per heavy atom. The zero-order valence-electron chi connectivity index (χ0n) is 5.43. The van der Waals surface area contributed by atoms with Crippen molar-refractivity contribution in [2.45, 2.75) is 0 Å². The number of hydrogen-bond acceptors (Lipinski definition) is 2. The summed E-state index contributed by atoms with van der Waals surface area (Å²) in [6.07, 6.45) is 0. The van der Waals surface area contributed by atoms with Gasteiger partial charge in [-0.3, -0.25) is 5.84 Å². The Morgan fingerprint density at radius 1 is 1.12 bits per heavy atom. The molecule has 0 unspecified atom stereocenters. The van der Waals surface area contributed by atoms with Crippen LogP contribution in [0.1, 0.15) is 0 Å². The van der Waals surface area contributed by atoms with Crippen LogP contribution in [0.4, 0.5) is 0 Å². The molecule has 1 aliphatic heterocycles. The Bertz CT molecular complexity index is 56.1. The first kappa shape index (κ1) is 6.01. The topological polar surface area (TPSA) is 34.1 Å². The van der Waals surface area contributed by atoms with Gasteiger partial charge in [0.15, 0.2) is 0 Å². The van der Waals surface area contributed by atoms with Gasteiger partial charge in [0.2, 0.25) is 0 Å². The van der Waals surface area contributed by atoms with Crippen LogP contribution in [0.3, 0.4) is 0 Å². The summed E-state index contributed by atoms with van der Waals surface area (Å²) in [5, 5.41) is 2.11. The molecule has 0 aromatic carbocycles. The maximum absolute atomic E-state index is 3.84. The summed E-state index contributed by atoms with van der Waals surface area (Å²) in [4.78, 5) is 2.32. The van der Waals surface area contributed by atoms with E-state index in [9.17, 15) is 0 Å². The predicted octanol–water partition coefficient (Wildman–Crippen LogP) is -1.61. The van der Waals surface area contributed by atoms with E-state index in [2.05, 4.69) is 22.8 Å². The molecular formula is C5H14N3+. The average Bonchev–Trinajstić information content (AvgIpc) is 1.77. The molecular weight excluding hydrogens is 102 g/mol. The van der Waals surface area contributed by atoms with E-state index in [4.69, 9.17) is 0 Å². The van der Waals surface area contributed by atoms with Crippen molar-refractivity contribution in [2.75, 3.05) is 33.2 Å². The molecule has 0 spiro atoms. The number of likely N-dealkylation sites (N-methyl/N-ethyl adjacent to an activating group) is 1. The van der Waals surface area contributed by atoms with E-state index in [-0.39, 0.29) is 0 Å². The summed E-state index contributed by atoms with van der Waals surface area (Å²) in [6.45, 7) is 4.58. The monoisotopic (exact) mass is 116 g/mol. The molecule has 1 heterocycles. The average molecular weight is 116 g/mol. The third-order valence-corrected chi connectivity index (χ3v) is 1.60. The number of rotatable bonds is 0. The Kier molecular flexibility index (Phi) is 1.83. The van der Waals surface area contributed by atoms with Crippen molar-refractivity contribution in [3.8, 4) is 0 Å². The van der Waals surface area contributed by atoms with Crippen molar-refractivity contribution >= 4 is 0 Å². The van der Waals surface area contributed by atoms with E-state index < -0.39 is 0 Å². The lowest BCUT2D eigenvalue weighted by atomic mass is 10.4. The minimum atomic E-state index is 1.12. The zero-order chi connectivity index (χ0) is 5.98. The van der Waals surface area contributed by atoms with Crippen molar-refractivity contribution in [2.24, 2.45) is 0 Å². The molecule has 0 amide bonds. The van der Waals surface area contributed by atoms with E-state index in [0.717, 1.165) is 13.1 Å². The Labute approximate surface area is 50.0 Å². The fraction of sp³-hybridized carbons (Fsp3) is 1.00. The molecule has 48 valence electrons. The second-order valence-corrected chi connectivity index (χ2v) is 2.42. The molecule has 3 heteroatoms. The maximum atomic E-state index is 3.84. The minimum Gasteiger partial charge on any atom is -0.303 e. The SMILES string of the molecule is CN1CCN([NH3+])CC1. The lowest BCUT2D eigenvalue weighted by Crippen LogP contribution is -2.71. The van der Waals surface area contributed by atoms with Gasteiger partial charge in [0.1, 0.15) is 0 Å². The number of nitrogens with zero attached hydrogens (tertiary/aromatic N) is 2. The molecule has 1 aliphatic rings. The summed E-state index contributed by atoms with van der Waals surface area (Å²) < 4.78 is 0. The van der Waals surface area contributed by atoms with Gasteiger partial charge in [0.05, 0.1) is 13.1 Å². The van der Waals surface area contributed by atoms with Crippen molar-refractivity contribution < 1.29 is 5.84 Å². The lowest BCUT2D eigenvalue weighted by Gasteiger charge is -2.25. The second kappa shape index (κ2) is 2.44. The Morgan fingerprint density at radius 2 is 1.62 bits per heavy atom. The fourth-order valence-corrected chi connectivity index (χ4v) is 0.848. The van der Waals surface area contributed by atoms with Crippen molar-refractivity contribution in [3.63, 3.8) is 0 Å². The van der Waals surface area contributed by atoms with Crippen LogP contribution in [-0.4, -0.2) is 43.1 Å². The molecule has 0 aromatic heterocycles. The fourth-order valence-electron chi connectivity index (χ4n) is 0.848. The van der Waals surface area contributed by atoms with Crippen LogP contribution in [0, 0.1) is 0 Å². The predicted molar refractivity (Wildman–Crippen MR) is 32.0 cm³/mol. The largest absolute Gasteiger partial charge is 0.303 e. The van der Waals surface area contributed by atoms with Crippen LogP contribution in [0.2, 0.25) is 0 Å². The molecule has 1 rings (SSSR count). The van der Waals surface area contributed by atoms with Gasteiger partial charge in [-0.1, -0.05) is 0 Å². The van der Waals surface area contributed by atoms with Crippen LogP contribution in [-0.2, 0) is 0 Å². The molecule has 1 fully saturated rings. The van der Waals surface area contributed by atoms with Crippen LogP contribution in [0.25, 0.3) is 0 Å². The maximum Gasteiger partial charge on any atom is 0.0601 e. The van der Waals surface area contributed by atoms with Crippen molar-refractivity contribution in [1.82, 2.24) is 9.91 Å². The third kappa shape index (κ3) is 1.43. The molecule has 0 bridgehead atoms. The van der Waals surface area contributed by atoms with Gasteiger partial charge in [-0.2, -0.15) is 5.01 Å². The van der Waals surface area contributed by atoms with Gasteiger partial charge in [-0.15, -0.1) is 0 Å². The van der Waals surface area contributed by atoms with Gasteiger partial charge in [-0.05, 0) is 7.05 Å². The highest BCUT2D eigenvalue weighted by Gasteiger charge is 2.11. The molecule has 0 radical (unpaired) electrons. The standard InChI is InChI=1S/C5H13N3/c1-7-2-4-8(6)5-3-7/h2-6H2,1H3/p+1. The smallest absolute Gasteiger partial charge is 0.0601 e. The first-order valence-corrected chi connectivity index (χ1v) is 3.03. The van der Waals surface area contributed by atoms with Gasteiger partial charge >= 0.3 is 0 Å². The van der Waals surface area contributed by atoms with Gasteiger partial charge in [0, 0.05) is 13.1 Å². The minimum absolute atomic E-state index is 1.12. The molecule has 0 aliphatic carbocycles. The molecule has 0 aromatic rings. The Balaban J connectivity index is 2.19. The summed E-state index contributed by atoms with van der Waals surface area (Å²) >= 11 is 0. The molecule has 0 atom stereocenters. The highest BCUT2D eigenvalue weighted by Crippen LogP contribution is 1.89. The molecule has 8 heavy (non-hydrogen) atoms. The highest BCUT2D eigenvalue weighted by molar-refractivity contribution is 4.60. The second-order valence-electron chi connectivity index (χ2n) is 2.42. The first-order valence-electron chi connectivity index (χ1n) is 3.03. The first-order chi connectivity index (χ1) is 3.79. The summed E-state index contributed by atoms with van der Waals surface area (Å²) in [6, 6.07) is 0. The summed E-state index contributed by atoms with van der Waals surface area (Å²) in [5.41, 5.74) is 0. The number of hydrogen-bond donors (Lipinski definition) is 1. The number of quaternary nitrogens is 1. The van der Waals surface area contributed by atoms with E-state index >= 15 is 0 Å². The normalized spacial score (nSPS) is 26.2. The summed E-state index contributed by atoms with van der Waals surface area (Å²) in [7, 11) is 2.15. The van der Waals surface area contributed by atoms with Crippen molar-refractivity contribution in [1.29, 1.82) is 0 Å². The van der Waals surface area contributed by atoms with Crippen LogP contribution in [0.5, 0.6) is 0 Å². The van der Waals surface area contributed by atoms with Crippen LogP contribution in [0.15, 0.2) is 0 Å². The quantitative estimate of drug-likeness (QED) is 0.413. The molecule has 3 N–H and O–H groups in total. The van der Waals surface area contributed by atoms with Gasteiger partial charge in [-0.25, -0.2) is 0 Å². The number of piperazine rings is 1. The van der Waals surface area contributed by atoms with Crippen LogP contribution < -0.4 is 5.84 Å².